The smallest absolute Gasteiger partial charge is 0.0260 e. The zero-order valence-corrected chi connectivity index (χ0v) is 12.8. The summed E-state index contributed by atoms with van der Waals surface area (Å²) in [6.07, 6.45) is 0. The van der Waals surface area contributed by atoms with Crippen molar-refractivity contribution in [2.75, 3.05) is 0 Å². The van der Waals surface area contributed by atoms with Gasteiger partial charge in [-0.1, -0.05) is 76.6 Å². The largest absolute Gasteiger partial charge is 0.0616 e. The highest BCUT2D eigenvalue weighted by molar-refractivity contribution is 9.10. The van der Waals surface area contributed by atoms with Crippen LogP contribution in [0.15, 0.2) is 71.2 Å². The molecule has 0 bridgehead atoms. The molecule has 0 atom stereocenters. The maximum absolute atomic E-state index is 3.76. The molecule has 0 aliphatic carbocycles. The molecule has 98 valence electrons. The van der Waals surface area contributed by atoms with E-state index in [9.17, 15) is 0 Å². The van der Waals surface area contributed by atoms with E-state index in [1.54, 1.807) is 0 Å². The SMILES string of the molecule is Brc1ccc2ccc3cccc4c5ccccc5c1c2c34. The molecule has 0 aliphatic heterocycles. The minimum absolute atomic E-state index is 1.17. The first-order valence-electron chi connectivity index (χ1n) is 7.08. The van der Waals surface area contributed by atoms with Crippen LogP contribution in [0.5, 0.6) is 0 Å². The van der Waals surface area contributed by atoms with Gasteiger partial charge in [-0.25, -0.2) is 0 Å². The Hall–Kier alpha value is -2.12. The predicted molar refractivity (Wildman–Crippen MR) is 95.4 cm³/mol. The highest BCUT2D eigenvalue weighted by Crippen LogP contribution is 2.42. The van der Waals surface area contributed by atoms with E-state index in [2.05, 4.69) is 82.7 Å². The first kappa shape index (κ1) is 11.5. The van der Waals surface area contributed by atoms with E-state index < -0.39 is 0 Å². The Bertz CT molecular complexity index is 1140. The average Bonchev–Trinajstić information content (AvgIpc) is 2.54. The van der Waals surface area contributed by atoms with Crippen LogP contribution in [-0.2, 0) is 0 Å². The minimum Gasteiger partial charge on any atom is -0.0616 e. The van der Waals surface area contributed by atoms with Crippen molar-refractivity contribution in [1.82, 2.24) is 0 Å². The van der Waals surface area contributed by atoms with Gasteiger partial charge in [0.2, 0.25) is 0 Å². The Morgan fingerprint density at radius 3 is 1.95 bits per heavy atom. The van der Waals surface area contributed by atoms with Gasteiger partial charge in [-0.05, 0) is 43.8 Å². The van der Waals surface area contributed by atoms with Gasteiger partial charge in [-0.15, -0.1) is 0 Å². The Labute approximate surface area is 130 Å². The van der Waals surface area contributed by atoms with Crippen LogP contribution < -0.4 is 0 Å². The van der Waals surface area contributed by atoms with Crippen LogP contribution in [0.3, 0.4) is 0 Å². The molecular weight excluding hydrogens is 320 g/mol. The van der Waals surface area contributed by atoms with Crippen molar-refractivity contribution >= 4 is 59.0 Å². The highest BCUT2D eigenvalue weighted by Gasteiger charge is 2.14. The molecule has 0 radical (unpaired) electrons. The number of hydrogen-bond acceptors (Lipinski definition) is 0. The van der Waals surface area contributed by atoms with Crippen LogP contribution in [0.4, 0.5) is 0 Å². The normalized spacial score (nSPS) is 12.0. The van der Waals surface area contributed by atoms with Gasteiger partial charge in [0.1, 0.15) is 0 Å². The third-order valence-corrected chi connectivity index (χ3v) is 5.12. The van der Waals surface area contributed by atoms with Crippen LogP contribution in [-0.4, -0.2) is 0 Å². The van der Waals surface area contributed by atoms with Crippen molar-refractivity contribution in [1.29, 1.82) is 0 Å². The lowest BCUT2D eigenvalue weighted by Crippen LogP contribution is -1.87. The molecule has 0 amide bonds. The zero-order valence-electron chi connectivity index (χ0n) is 11.2. The summed E-state index contributed by atoms with van der Waals surface area (Å²) in [6, 6.07) is 24.1. The molecule has 21 heavy (non-hydrogen) atoms. The molecular formula is C20H11Br. The Morgan fingerprint density at radius 1 is 0.476 bits per heavy atom. The van der Waals surface area contributed by atoms with Gasteiger partial charge in [0.05, 0.1) is 0 Å². The van der Waals surface area contributed by atoms with Crippen molar-refractivity contribution in [3.63, 3.8) is 0 Å². The molecule has 5 rings (SSSR count). The number of fused-ring (bicyclic) bond motifs is 3. The topological polar surface area (TPSA) is 0 Å². The third kappa shape index (κ3) is 1.39. The van der Waals surface area contributed by atoms with Gasteiger partial charge in [0, 0.05) is 9.86 Å². The predicted octanol–water partition coefficient (Wildman–Crippen LogP) is 6.50. The fourth-order valence-corrected chi connectivity index (χ4v) is 4.14. The molecule has 0 N–H and O–H groups in total. The first-order chi connectivity index (χ1) is 10.3. The van der Waals surface area contributed by atoms with Crippen molar-refractivity contribution in [3.8, 4) is 0 Å². The standard InChI is InChI=1S/C20H11Br/c21-17-11-10-13-9-8-12-4-3-7-15-14-5-1-2-6-16(14)20(17)19(13)18(12)15/h1-11H. The molecule has 1 heteroatoms. The van der Waals surface area contributed by atoms with E-state index in [1.807, 2.05) is 0 Å². The lowest BCUT2D eigenvalue weighted by Gasteiger charge is -2.15. The second kappa shape index (κ2) is 3.96. The number of benzene rings is 5. The summed E-state index contributed by atoms with van der Waals surface area (Å²) in [6.45, 7) is 0. The Balaban J connectivity index is 2.34. The van der Waals surface area contributed by atoms with Crippen LogP contribution in [0, 0.1) is 0 Å². The van der Waals surface area contributed by atoms with Gasteiger partial charge in [-0.2, -0.15) is 0 Å². The molecule has 0 spiro atoms. The van der Waals surface area contributed by atoms with Crippen molar-refractivity contribution in [2.24, 2.45) is 0 Å². The fraction of sp³-hybridized carbons (Fsp3) is 0. The van der Waals surface area contributed by atoms with E-state index in [0.29, 0.717) is 0 Å². The molecule has 0 saturated heterocycles. The number of rotatable bonds is 0. The Kier molecular flexibility index (Phi) is 2.17. The number of halogens is 1. The van der Waals surface area contributed by atoms with Gasteiger partial charge < -0.3 is 0 Å². The summed E-state index contributed by atoms with van der Waals surface area (Å²) in [4.78, 5) is 0. The molecule has 0 heterocycles. The molecule has 5 aromatic rings. The van der Waals surface area contributed by atoms with E-state index in [-0.39, 0.29) is 0 Å². The molecule has 0 fully saturated rings. The summed E-state index contributed by atoms with van der Waals surface area (Å²) in [5.41, 5.74) is 0. The van der Waals surface area contributed by atoms with Gasteiger partial charge in [0.15, 0.2) is 0 Å². The summed E-state index contributed by atoms with van der Waals surface area (Å²) in [5, 5.41) is 10.7. The quantitative estimate of drug-likeness (QED) is 0.224. The maximum atomic E-state index is 3.76. The molecule has 5 aromatic carbocycles. The van der Waals surface area contributed by atoms with Gasteiger partial charge in [-0.3, -0.25) is 0 Å². The zero-order chi connectivity index (χ0) is 14.0. The van der Waals surface area contributed by atoms with Crippen molar-refractivity contribution in [3.05, 3.63) is 71.2 Å². The average molecular weight is 331 g/mol. The summed E-state index contributed by atoms with van der Waals surface area (Å²) in [5.74, 6) is 0. The second-order valence-electron chi connectivity index (χ2n) is 5.54. The summed E-state index contributed by atoms with van der Waals surface area (Å²) < 4.78 is 1.17. The Morgan fingerprint density at radius 2 is 1.10 bits per heavy atom. The van der Waals surface area contributed by atoms with Gasteiger partial charge >= 0.3 is 0 Å². The minimum atomic E-state index is 1.17. The molecule has 0 nitrogen and oxygen atoms in total. The van der Waals surface area contributed by atoms with Crippen molar-refractivity contribution in [2.45, 2.75) is 0 Å². The monoisotopic (exact) mass is 330 g/mol. The van der Waals surface area contributed by atoms with Gasteiger partial charge in [0.25, 0.3) is 0 Å². The third-order valence-electron chi connectivity index (χ3n) is 4.46. The lowest BCUT2D eigenvalue weighted by atomic mass is 9.89. The molecule has 0 aliphatic rings. The van der Waals surface area contributed by atoms with Crippen molar-refractivity contribution < 1.29 is 0 Å². The summed E-state index contributed by atoms with van der Waals surface area (Å²) >= 11 is 3.76. The van der Waals surface area contributed by atoms with Crippen LogP contribution >= 0.6 is 15.9 Å². The van der Waals surface area contributed by atoms with E-state index in [4.69, 9.17) is 0 Å². The second-order valence-corrected chi connectivity index (χ2v) is 6.39. The molecule has 0 saturated carbocycles. The van der Waals surface area contributed by atoms with E-state index in [0.717, 1.165) is 0 Å². The lowest BCUT2D eigenvalue weighted by molar-refractivity contribution is 1.76. The van der Waals surface area contributed by atoms with Crippen LogP contribution in [0.1, 0.15) is 0 Å². The van der Waals surface area contributed by atoms with Crippen LogP contribution in [0.2, 0.25) is 0 Å². The number of hydrogen-bond donors (Lipinski definition) is 0. The summed E-state index contributed by atoms with van der Waals surface area (Å²) in [7, 11) is 0. The van der Waals surface area contributed by atoms with E-state index in [1.165, 1.54) is 47.6 Å². The highest BCUT2D eigenvalue weighted by atomic mass is 79.9. The van der Waals surface area contributed by atoms with E-state index >= 15 is 0 Å². The van der Waals surface area contributed by atoms with Crippen LogP contribution in [0.25, 0.3) is 43.1 Å². The molecule has 0 unspecified atom stereocenters. The maximum Gasteiger partial charge on any atom is 0.0260 e. The first-order valence-corrected chi connectivity index (χ1v) is 7.87. The fourth-order valence-electron chi connectivity index (χ4n) is 3.59. The molecule has 0 aromatic heterocycles.